The average molecular weight is 424 g/mol. The molecule has 1 aliphatic heterocycles. The van der Waals surface area contributed by atoms with Crippen molar-refractivity contribution in [2.45, 2.75) is 12.6 Å². The number of halogens is 2. The van der Waals surface area contributed by atoms with Crippen LogP contribution in [0.15, 0.2) is 65.3 Å². The molecule has 0 saturated heterocycles. The highest BCUT2D eigenvalue weighted by Gasteiger charge is 2.43. The van der Waals surface area contributed by atoms with Crippen molar-refractivity contribution in [1.29, 1.82) is 0 Å². The van der Waals surface area contributed by atoms with Gasteiger partial charge in [-0.1, -0.05) is 29.8 Å². The first-order valence-electron chi connectivity index (χ1n) is 9.19. The Morgan fingerprint density at radius 1 is 1.20 bits per heavy atom. The smallest absolute Gasteiger partial charge is 0.273 e. The Hall–Kier alpha value is -3.58. The average Bonchev–Trinajstić information content (AvgIpc) is 3.45. The molecule has 0 bridgehead atoms. The first-order chi connectivity index (χ1) is 14.5. The summed E-state index contributed by atoms with van der Waals surface area (Å²) in [5.41, 5.74) is 1.74. The van der Waals surface area contributed by atoms with Crippen LogP contribution < -0.4 is 0 Å². The van der Waals surface area contributed by atoms with Crippen LogP contribution in [0.2, 0.25) is 5.02 Å². The molecular weight excluding hydrogens is 409 g/mol. The predicted molar refractivity (Wildman–Crippen MR) is 108 cm³/mol. The first kappa shape index (κ1) is 18.4. The molecule has 1 amide bonds. The number of amides is 1. The van der Waals surface area contributed by atoms with E-state index in [-0.39, 0.29) is 23.9 Å². The minimum absolute atomic E-state index is 0.0436. The van der Waals surface area contributed by atoms with E-state index in [2.05, 4.69) is 10.2 Å². The third-order valence-electron chi connectivity index (χ3n) is 5.18. The van der Waals surface area contributed by atoms with Gasteiger partial charge in [-0.15, -0.1) is 0 Å². The number of nitrogens with zero attached hydrogens (tertiary/aromatic N) is 2. The molecule has 8 heteroatoms. The SMILES string of the molecule is O=C1c2[nH]nc(-c3cc(Cl)ccc3O)c2C(c2ccccc2F)N1Cc1ccco1. The molecule has 0 aliphatic carbocycles. The van der Waals surface area contributed by atoms with E-state index in [1.807, 2.05) is 0 Å². The summed E-state index contributed by atoms with van der Waals surface area (Å²) >= 11 is 6.12. The molecule has 2 aromatic carbocycles. The lowest BCUT2D eigenvalue weighted by Crippen LogP contribution is -2.29. The highest BCUT2D eigenvalue weighted by Crippen LogP contribution is 2.46. The Balaban J connectivity index is 1.71. The van der Waals surface area contributed by atoms with Gasteiger partial charge in [-0.05, 0) is 36.4 Å². The van der Waals surface area contributed by atoms with Crippen molar-refractivity contribution in [2.24, 2.45) is 0 Å². The third kappa shape index (κ3) is 2.86. The van der Waals surface area contributed by atoms with Gasteiger partial charge in [0.2, 0.25) is 0 Å². The monoisotopic (exact) mass is 423 g/mol. The number of hydrogen-bond donors (Lipinski definition) is 2. The summed E-state index contributed by atoms with van der Waals surface area (Å²) in [5.74, 6) is -0.266. The molecular formula is C22H15ClFN3O3. The zero-order valence-electron chi connectivity index (χ0n) is 15.5. The number of nitrogens with one attached hydrogen (secondary N) is 1. The number of phenols is 1. The Bertz CT molecular complexity index is 1250. The van der Waals surface area contributed by atoms with Crippen molar-refractivity contribution in [3.63, 3.8) is 0 Å². The minimum Gasteiger partial charge on any atom is -0.507 e. The fraction of sp³-hybridized carbons (Fsp3) is 0.0909. The molecule has 1 atom stereocenters. The van der Waals surface area contributed by atoms with Crippen LogP contribution in [0.25, 0.3) is 11.3 Å². The molecule has 5 rings (SSSR count). The van der Waals surface area contributed by atoms with Gasteiger partial charge < -0.3 is 14.4 Å². The Kier molecular flexibility index (Phi) is 4.33. The van der Waals surface area contributed by atoms with Crippen molar-refractivity contribution in [3.05, 3.63) is 94.3 Å². The second-order valence-electron chi connectivity index (χ2n) is 6.96. The number of aromatic amines is 1. The van der Waals surface area contributed by atoms with Gasteiger partial charge in [0.25, 0.3) is 5.91 Å². The molecule has 6 nitrogen and oxygen atoms in total. The molecule has 2 N–H and O–H groups in total. The van der Waals surface area contributed by atoms with Crippen molar-refractivity contribution < 1.29 is 18.7 Å². The quantitative estimate of drug-likeness (QED) is 0.488. The molecule has 0 radical (unpaired) electrons. The van der Waals surface area contributed by atoms with E-state index in [0.717, 1.165) is 0 Å². The largest absolute Gasteiger partial charge is 0.507 e. The highest BCUT2D eigenvalue weighted by molar-refractivity contribution is 6.31. The fourth-order valence-corrected chi connectivity index (χ4v) is 4.03. The van der Waals surface area contributed by atoms with Gasteiger partial charge in [-0.2, -0.15) is 5.10 Å². The van der Waals surface area contributed by atoms with Crippen LogP contribution in [0.5, 0.6) is 5.75 Å². The van der Waals surface area contributed by atoms with Gasteiger partial charge in [-0.3, -0.25) is 9.89 Å². The Morgan fingerprint density at radius 3 is 2.80 bits per heavy atom. The molecule has 4 aromatic rings. The van der Waals surface area contributed by atoms with Gasteiger partial charge in [0.05, 0.1) is 18.8 Å². The number of fused-ring (bicyclic) bond motifs is 1. The molecule has 1 aliphatic rings. The Labute approximate surface area is 175 Å². The predicted octanol–water partition coefficient (Wildman–Crippen LogP) is 4.91. The summed E-state index contributed by atoms with van der Waals surface area (Å²) in [6.45, 7) is 0.147. The number of furan rings is 1. The number of benzene rings is 2. The van der Waals surface area contributed by atoms with Gasteiger partial charge in [0.1, 0.15) is 28.7 Å². The van der Waals surface area contributed by atoms with Gasteiger partial charge >= 0.3 is 0 Å². The topological polar surface area (TPSA) is 82.4 Å². The van der Waals surface area contributed by atoms with Crippen molar-refractivity contribution in [3.8, 4) is 17.0 Å². The van der Waals surface area contributed by atoms with Crippen LogP contribution in [0.3, 0.4) is 0 Å². The van der Waals surface area contributed by atoms with Crippen molar-refractivity contribution in [2.75, 3.05) is 0 Å². The molecule has 0 spiro atoms. The maximum atomic E-state index is 14.8. The number of aromatic hydroxyl groups is 1. The zero-order valence-corrected chi connectivity index (χ0v) is 16.2. The van der Waals surface area contributed by atoms with E-state index in [1.165, 1.54) is 23.3 Å². The fourth-order valence-electron chi connectivity index (χ4n) is 3.85. The van der Waals surface area contributed by atoms with Crippen molar-refractivity contribution >= 4 is 17.5 Å². The second kappa shape index (κ2) is 7.03. The number of carbonyl (C=O) groups excluding carboxylic acids is 1. The number of H-pyrrole nitrogens is 1. The van der Waals surface area contributed by atoms with Gasteiger partial charge in [0.15, 0.2) is 0 Å². The van der Waals surface area contributed by atoms with Crippen LogP contribution in [0.4, 0.5) is 4.39 Å². The molecule has 3 heterocycles. The first-order valence-corrected chi connectivity index (χ1v) is 9.57. The molecule has 2 aromatic heterocycles. The second-order valence-corrected chi connectivity index (χ2v) is 7.40. The minimum atomic E-state index is -0.758. The van der Waals surface area contributed by atoms with Crippen LogP contribution in [-0.4, -0.2) is 26.1 Å². The summed E-state index contributed by atoms with van der Waals surface area (Å²) in [4.78, 5) is 14.7. The lowest BCUT2D eigenvalue weighted by Gasteiger charge is -2.26. The molecule has 0 saturated carbocycles. The van der Waals surface area contributed by atoms with E-state index in [1.54, 1.807) is 42.5 Å². The van der Waals surface area contributed by atoms with E-state index in [9.17, 15) is 14.3 Å². The summed E-state index contributed by atoms with van der Waals surface area (Å²) in [5, 5.41) is 17.8. The standard InChI is InChI=1S/C22H15ClFN3O3/c23-12-7-8-17(28)15(10-12)19-18-20(26-25-19)22(29)27(11-13-4-3-9-30-13)21(18)14-5-1-2-6-16(14)24/h1-10,21,28H,11H2,(H,25,26). The Morgan fingerprint density at radius 2 is 2.03 bits per heavy atom. The number of aromatic nitrogens is 2. The highest BCUT2D eigenvalue weighted by atomic mass is 35.5. The number of carbonyl (C=O) groups is 1. The summed E-state index contributed by atoms with van der Waals surface area (Å²) < 4.78 is 20.2. The number of rotatable bonds is 4. The summed E-state index contributed by atoms with van der Waals surface area (Å²) in [6, 6.07) is 13.6. The van der Waals surface area contributed by atoms with E-state index in [0.29, 0.717) is 33.2 Å². The van der Waals surface area contributed by atoms with Crippen LogP contribution in [-0.2, 0) is 6.54 Å². The van der Waals surface area contributed by atoms with Crippen LogP contribution in [0, 0.1) is 5.82 Å². The van der Waals surface area contributed by atoms with Crippen LogP contribution in [0.1, 0.15) is 33.4 Å². The molecule has 1 unspecified atom stereocenters. The van der Waals surface area contributed by atoms with Gasteiger partial charge in [-0.25, -0.2) is 4.39 Å². The normalized spacial score (nSPS) is 15.6. The number of phenolic OH excluding ortho intramolecular Hbond substituents is 1. The maximum Gasteiger partial charge on any atom is 0.273 e. The van der Waals surface area contributed by atoms with E-state index >= 15 is 0 Å². The lowest BCUT2D eigenvalue weighted by molar-refractivity contribution is 0.0715. The summed E-state index contributed by atoms with van der Waals surface area (Å²) in [7, 11) is 0. The van der Waals surface area contributed by atoms with Gasteiger partial charge in [0, 0.05) is 21.7 Å². The van der Waals surface area contributed by atoms with Crippen LogP contribution >= 0.6 is 11.6 Å². The molecule has 0 fully saturated rings. The van der Waals surface area contributed by atoms with E-state index in [4.69, 9.17) is 16.0 Å². The molecule has 150 valence electrons. The van der Waals surface area contributed by atoms with E-state index < -0.39 is 11.9 Å². The summed E-state index contributed by atoms with van der Waals surface area (Å²) in [6.07, 6.45) is 1.52. The molecule has 30 heavy (non-hydrogen) atoms. The zero-order chi connectivity index (χ0) is 20.8. The number of hydrogen-bond acceptors (Lipinski definition) is 4. The van der Waals surface area contributed by atoms with Crippen molar-refractivity contribution in [1.82, 2.24) is 15.1 Å². The lowest BCUT2D eigenvalue weighted by atomic mass is 9.95. The maximum absolute atomic E-state index is 14.8. The third-order valence-corrected chi connectivity index (χ3v) is 5.42.